The van der Waals surface area contributed by atoms with E-state index in [1.165, 1.54) is 5.56 Å². The maximum Gasteiger partial charge on any atom is 0.0494 e. The van der Waals surface area contributed by atoms with Crippen molar-refractivity contribution < 1.29 is 4.74 Å². The highest BCUT2D eigenvalue weighted by atomic mass is 35.5. The fourth-order valence-electron chi connectivity index (χ4n) is 2.30. The summed E-state index contributed by atoms with van der Waals surface area (Å²) in [6, 6.07) is 8.11. The minimum atomic E-state index is 0.382. The minimum Gasteiger partial charge on any atom is -0.384 e. The zero-order chi connectivity index (χ0) is 14.3. The van der Waals surface area contributed by atoms with Crippen molar-refractivity contribution in [2.24, 2.45) is 11.8 Å². The topological polar surface area (TPSA) is 21.3 Å². The zero-order valence-electron chi connectivity index (χ0n) is 12.4. The highest BCUT2D eigenvalue weighted by Crippen LogP contribution is 2.30. The van der Waals surface area contributed by atoms with Crippen molar-refractivity contribution in [3.05, 3.63) is 34.9 Å². The van der Waals surface area contributed by atoms with Crippen molar-refractivity contribution in [2.75, 3.05) is 26.8 Å². The van der Waals surface area contributed by atoms with Gasteiger partial charge in [0.1, 0.15) is 0 Å². The predicted octanol–water partition coefficient (Wildman–Crippen LogP) is 3.95. The van der Waals surface area contributed by atoms with E-state index >= 15 is 0 Å². The van der Waals surface area contributed by atoms with Crippen LogP contribution in [0.3, 0.4) is 0 Å². The van der Waals surface area contributed by atoms with Crippen molar-refractivity contribution in [3.63, 3.8) is 0 Å². The number of hydrogen-bond acceptors (Lipinski definition) is 2. The summed E-state index contributed by atoms with van der Waals surface area (Å²) in [4.78, 5) is 0. The van der Waals surface area contributed by atoms with Crippen molar-refractivity contribution >= 4 is 11.6 Å². The third-order valence-electron chi connectivity index (χ3n) is 3.34. The molecule has 0 fully saturated rings. The van der Waals surface area contributed by atoms with Gasteiger partial charge < -0.3 is 10.1 Å². The minimum absolute atomic E-state index is 0.382. The molecule has 0 aromatic heterocycles. The van der Waals surface area contributed by atoms with Crippen LogP contribution in [0.5, 0.6) is 0 Å². The maximum atomic E-state index is 6.34. The molecule has 0 saturated heterocycles. The highest BCUT2D eigenvalue weighted by molar-refractivity contribution is 6.31. The fourth-order valence-corrected chi connectivity index (χ4v) is 2.58. The highest BCUT2D eigenvalue weighted by Gasteiger charge is 2.21. The maximum absolute atomic E-state index is 6.34. The first-order valence-corrected chi connectivity index (χ1v) is 7.38. The van der Waals surface area contributed by atoms with Gasteiger partial charge in [-0.2, -0.15) is 0 Å². The zero-order valence-corrected chi connectivity index (χ0v) is 13.2. The van der Waals surface area contributed by atoms with Gasteiger partial charge in [0.25, 0.3) is 0 Å². The molecule has 0 aliphatic heterocycles. The lowest BCUT2D eigenvalue weighted by atomic mass is 9.87. The van der Waals surface area contributed by atoms with E-state index in [2.05, 4.69) is 38.2 Å². The van der Waals surface area contributed by atoms with Crippen LogP contribution in [0.4, 0.5) is 0 Å². The smallest absolute Gasteiger partial charge is 0.0494 e. The molecule has 3 heteroatoms. The number of nitrogens with one attached hydrogen (secondary N) is 1. The third kappa shape index (κ3) is 5.52. The van der Waals surface area contributed by atoms with Gasteiger partial charge in [-0.05, 0) is 30.0 Å². The summed E-state index contributed by atoms with van der Waals surface area (Å²) >= 11 is 6.34. The molecule has 0 amide bonds. The lowest BCUT2D eigenvalue weighted by Gasteiger charge is -2.25. The predicted molar refractivity (Wildman–Crippen MR) is 82.9 cm³/mol. The Hall–Kier alpha value is -0.570. The first kappa shape index (κ1) is 16.5. The van der Waals surface area contributed by atoms with E-state index in [4.69, 9.17) is 16.3 Å². The van der Waals surface area contributed by atoms with Crippen molar-refractivity contribution in [1.82, 2.24) is 5.32 Å². The number of hydrogen-bond donors (Lipinski definition) is 1. The van der Waals surface area contributed by atoms with E-state index < -0.39 is 0 Å². The second-order valence-electron chi connectivity index (χ2n) is 5.61. The van der Waals surface area contributed by atoms with Crippen LogP contribution in [0.1, 0.15) is 32.3 Å². The van der Waals surface area contributed by atoms with E-state index in [9.17, 15) is 0 Å². The molecule has 0 saturated carbocycles. The van der Waals surface area contributed by atoms with Crippen LogP contribution >= 0.6 is 11.6 Å². The van der Waals surface area contributed by atoms with Gasteiger partial charge in [0.05, 0.1) is 0 Å². The molecule has 0 bridgehead atoms. The molecule has 1 N–H and O–H groups in total. The van der Waals surface area contributed by atoms with E-state index in [1.807, 2.05) is 12.1 Å². The number of benzene rings is 1. The van der Waals surface area contributed by atoms with E-state index in [1.54, 1.807) is 7.11 Å². The molecular formula is C16H26ClNO. The summed E-state index contributed by atoms with van der Waals surface area (Å²) in [5.41, 5.74) is 1.21. The molecule has 2 atom stereocenters. The molecule has 19 heavy (non-hydrogen) atoms. The lowest BCUT2D eigenvalue weighted by Crippen LogP contribution is -2.30. The average Bonchev–Trinajstić information content (AvgIpc) is 2.36. The summed E-state index contributed by atoms with van der Waals surface area (Å²) < 4.78 is 5.30. The summed E-state index contributed by atoms with van der Waals surface area (Å²) in [7, 11) is 1.75. The fraction of sp³-hybridized carbons (Fsp3) is 0.625. The van der Waals surface area contributed by atoms with Crippen molar-refractivity contribution in [1.29, 1.82) is 0 Å². The summed E-state index contributed by atoms with van der Waals surface area (Å²) in [6.45, 7) is 9.37. The molecule has 0 heterocycles. The summed E-state index contributed by atoms with van der Waals surface area (Å²) in [6.07, 6.45) is 0. The van der Waals surface area contributed by atoms with Gasteiger partial charge in [-0.25, -0.2) is 0 Å². The number of methoxy groups -OCH3 is 1. The average molecular weight is 284 g/mol. The van der Waals surface area contributed by atoms with Crippen LogP contribution in [-0.4, -0.2) is 26.8 Å². The Morgan fingerprint density at radius 3 is 2.42 bits per heavy atom. The molecule has 0 aliphatic rings. The normalized spacial score (nSPS) is 14.6. The Morgan fingerprint density at radius 1 is 1.16 bits per heavy atom. The van der Waals surface area contributed by atoms with E-state index in [0.29, 0.717) is 17.8 Å². The molecule has 0 spiro atoms. The molecule has 0 radical (unpaired) electrons. The van der Waals surface area contributed by atoms with Gasteiger partial charge in [0.2, 0.25) is 0 Å². The van der Waals surface area contributed by atoms with Crippen molar-refractivity contribution in [2.45, 2.75) is 26.7 Å². The molecule has 0 aliphatic carbocycles. The van der Waals surface area contributed by atoms with Crippen LogP contribution in [0, 0.1) is 11.8 Å². The number of ether oxygens (including phenoxy) is 1. The van der Waals surface area contributed by atoms with Gasteiger partial charge in [-0.3, -0.25) is 0 Å². The molecule has 2 unspecified atom stereocenters. The van der Waals surface area contributed by atoms with Crippen LogP contribution in [0.25, 0.3) is 0 Å². The third-order valence-corrected chi connectivity index (χ3v) is 3.68. The summed E-state index contributed by atoms with van der Waals surface area (Å²) in [5.74, 6) is 1.47. The quantitative estimate of drug-likeness (QED) is 0.780. The Labute approximate surface area is 122 Å². The van der Waals surface area contributed by atoms with Gasteiger partial charge >= 0.3 is 0 Å². The van der Waals surface area contributed by atoms with Gasteiger partial charge in [0.15, 0.2) is 0 Å². The van der Waals surface area contributed by atoms with Gasteiger partial charge in [-0.1, -0.05) is 50.6 Å². The van der Waals surface area contributed by atoms with Crippen LogP contribution in [-0.2, 0) is 4.74 Å². The van der Waals surface area contributed by atoms with E-state index in [0.717, 1.165) is 24.7 Å². The summed E-state index contributed by atoms with van der Waals surface area (Å²) in [5, 5.41) is 4.38. The standard InChI is InChI=1S/C16H26ClNO/c1-12(2)9-18-10-15(13(3)11-19-4)14-7-5-6-8-16(14)17/h5-8,12-13,15,18H,9-11H2,1-4H3. The second-order valence-corrected chi connectivity index (χ2v) is 6.02. The van der Waals surface area contributed by atoms with E-state index in [-0.39, 0.29) is 0 Å². The number of halogens is 1. The first-order chi connectivity index (χ1) is 9.06. The molecular weight excluding hydrogens is 258 g/mol. The monoisotopic (exact) mass is 283 g/mol. The second kappa shape index (κ2) is 8.57. The largest absolute Gasteiger partial charge is 0.384 e. The SMILES string of the molecule is COCC(C)C(CNCC(C)C)c1ccccc1Cl. The Morgan fingerprint density at radius 2 is 1.84 bits per heavy atom. The molecule has 2 nitrogen and oxygen atoms in total. The first-order valence-electron chi connectivity index (χ1n) is 7.00. The lowest BCUT2D eigenvalue weighted by molar-refractivity contribution is 0.145. The number of rotatable bonds is 8. The Bertz CT molecular complexity index is 368. The van der Waals surface area contributed by atoms with Gasteiger partial charge in [-0.15, -0.1) is 0 Å². The van der Waals surface area contributed by atoms with Crippen LogP contribution in [0.15, 0.2) is 24.3 Å². The van der Waals surface area contributed by atoms with Crippen LogP contribution < -0.4 is 5.32 Å². The molecule has 108 valence electrons. The molecule has 1 aromatic carbocycles. The van der Waals surface area contributed by atoms with Gasteiger partial charge in [0, 0.05) is 31.2 Å². The molecule has 1 rings (SSSR count). The Balaban J connectivity index is 2.77. The Kier molecular flexibility index (Phi) is 7.44. The van der Waals surface area contributed by atoms with Crippen molar-refractivity contribution in [3.8, 4) is 0 Å². The van der Waals surface area contributed by atoms with Crippen LogP contribution in [0.2, 0.25) is 5.02 Å². The molecule has 1 aromatic rings.